The van der Waals surface area contributed by atoms with E-state index in [0.29, 0.717) is 36.5 Å². The first kappa shape index (κ1) is 22.7. The van der Waals surface area contributed by atoms with Gasteiger partial charge in [0.2, 0.25) is 11.9 Å². The fraction of sp³-hybridized carbons (Fsp3) is 0.259. The maximum absolute atomic E-state index is 12.9. The van der Waals surface area contributed by atoms with Crippen LogP contribution in [0.3, 0.4) is 0 Å². The lowest BCUT2D eigenvalue weighted by Gasteiger charge is -2.30. The second-order valence-corrected chi connectivity index (χ2v) is 8.81. The maximum Gasteiger partial charge on any atom is 0.255 e. The molecule has 1 aliphatic rings. The number of nitrogens with one attached hydrogen (secondary N) is 1. The second-order valence-electron chi connectivity index (χ2n) is 8.81. The Balaban J connectivity index is 1.39. The van der Waals surface area contributed by atoms with E-state index in [0.717, 1.165) is 30.5 Å². The average Bonchev–Trinajstić information content (AvgIpc) is 2.89. The maximum atomic E-state index is 12.9. The topological polar surface area (TPSA) is 102 Å². The molecule has 1 aliphatic heterocycles. The molecule has 3 heterocycles. The van der Waals surface area contributed by atoms with E-state index < -0.39 is 0 Å². The number of rotatable bonds is 7. The van der Waals surface area contributed by atoms with Crippen LogP contribution in [0.2, 0.25) is 0 Å². The van der Waals surface area contributed by atoms with Crippen molar-refractivity contribution in [3.05, 3.63) is 94.4 Å². The van der Waals surface area contributed by atoms with Crippen molar-refractivity contribution in [3.63, 3.8) is 0 Å². The lowest BCUT2D eigenvalue weighted by molar-refractivity contribution is 0.561. The van der Waals surface area contributed by atoms with Gasteiger partial charge < -0.3 is 11.1 Å². The minimum atomic E-state index is -0.0553. The number of fused-ring (bicyclic) bond motifs is 1. The summed E-state index contributed by atoms with van der Waals surface area (Å²) in [5.74, 6) is 1.88. The molecule has 1 atom stereocenters. The van der Waals surface area contributed by atoms with E-state index in [1.54, 1.807) is 16.8 Å². The summed E-state index contributed by atoms with van der Waals surface area (Å²) in [5, 5.41) is 3.41. The molecule has 2 aromatic carbocycles. The third kappa shape index (κ3) is 5.07. The zero-order valence-corrected chi connectivity index (χ0v) is 19.8. The quantitative estimate of drug-likeness (QED) is 0.427. The van der Waals surface area contributed by atoms with Crippen LogP contribution in [0.5, 0.6) is 0 Å². The van der Waals surface area contributed by atoms with Gasteiger partial charge in [0, 0.05) is 43.5 Å². The number of nitrogens with two attached hydrogens (primary N) is 1. The summed E-state index contributed by atoms with van der Waals surface area (Å²) >= 11 is 0. The number of hydrogen-bond donors (Lipinski definition) is 2. The molecule has 0 bridgehead atoms. The highest BCUT2D eigenvalue weighted by Crippen LogP contribution is 2.27. The van der Waals surface area contributed by atoms with E-state index in [-0.39, 0.29) is 11.6 Å². The summed E-state index contributed by atoms with van der Waals surface area (Å²) in [6.07, 6.45) is 3.41. The minimum absolute atomic E-state index is 0.0553. The van der Waals surface area contributed by atoms with Gasteiger partial charge in [-0.15, -0.1) is 0 Å². The standard InChI is InChI=1S/C27H29N7O/c1-19(16-20-8-10-21(18-28)11-9-20)30-26-29-13-12-24(32-26)33-14-5-15-34-25(35)17-23(31-27(33)34)22-6-3-2-4-7-22/h2-4,6-13,17,19H,5,14-16,18,28H2,1H3,(H,29,30,32). The van der Waals surface area contributed by atoms with Crippen LogP contribution >= 0.6 is 0 Å². The zero-order chi connectivity index (χ0) is 24.2. The molecule has 5 rings (SSSR count). The first-order valence-corrected chi connectivity index (χ1v) is 11.9. The Morgan fingerprint density at radius 1 is 1.00 bits per heavy atom. The summed E-state index contributed by atoms with van der Waals surface area (Å²) in [4.78, 5) is 29.0. The fourth-order valence-electron chi connectivity index (χ4n) is 4.38. The van der Waals surface area contributed by atoms with Crippen molar-refractivity contribution >= 4 is 17.7 Å². The highest BCUT2D eigenvalue weighted by molar-refractivity contribution is 5.63. The number of nitrogens with zero attached hydrogens (tertiary/aromatic N) is 5. The highest BCUT2D eigenvalue weighted by Gasteiger charge is 2.23. The van der Waals surface area contributed by atoms with Gasteiger partial charge in [-0.2, -0.15) is 4.98 Å². The molecule has 0 spiro atoms. The normalized spacial score (nSPS) is 13.8. The van der Waals surface area contributed by atoms with Gasteiger partial charge in [0.1, 0.15) is 5.82 Å². The first-order chi connectivity index (χ1) is 17.1. The van der Waals surface area contributed by atoms with E-state index in [4.69, 9.17) is 15.7 Å². The molecular weight excluding hydrogens is 438 g/mol. The minimum Gasteiger partial charge on any atom is -0.351 e. The van der Waals surface area contributed by atoms with Crippen molar-refractivity contribution < 1.29 is 0 Å². The number of hydrogen-bond acceptors (Lipinski definition) is 7. The van der Waals surface area contributed by atoms with Crippen molar-refractivity contribution in [1.29, 1.82) is 0 Å². The third-order valence-corrected chi connectivity index (χ3v) is 6.16. The summed E-state index contributed by atoms with van der Waals surface area (Å²) in [6, 6.07) is 21.7. The lowest BCUT2D eigenvalue weighted by Crippen LogP contribution is -2.36. The Bertz CT molecular complexity index is 1350. The Labute approximate surface area is 204 Å². The van der Waals surface area contributed by atoms with Crippen LogP contribution in [0.15, 0.2) is 77.7 Å². The van der Waals surface area contributed by atoms with E-state index >= 15 is 0 Å². The first-order valence-electron chi connectivity index (χ1n) is 11.9. The molecule has 8 heteroatoms. The molecule has 0 saturated heterocycles. The van der Waals surface area contributed by atoms with E-state index in [9.17, 15) is 4.79 Å². The molecule has 3 N–H and O–H groups in total. The van der Waals surface area contributed by atoms with Crippen molar-refractivity contribution in [2.24, 2.45) is 5.73 Å². The summed E-state index contributed by atoms with van der Waals surface area (Å²) in [5.41, 5.74) is 9.56. The molecule has 35 heavy (non-hydrogen) atoms. The highest BCUT2D eigenvalue weighted by atomic mass is 16.1. The Hall–Kier alpha value is -4.04. The number of benzene rings is 2. The fourth-order valence-corrected chi connectivity index (χ4v) is 4.38. The molecule has 1 unspecified atom stereocenters. The second kappa shape index (κ2) is 10.1. The van der Waals surface area contributed by atoms with Crippen LogP contribution in [0.25, 0.3) is 11.3 Å². The predicted molar refractivity (Wildman–Crippen MR) is 139 cm³/mol. The SMILES string of the molecule is CC(Cc1ccc(CN)cc1)Nc1nccc(N2CCCn3c2nc(-c2ccccc2)cc3=O)n1. The molecule has 0 saturated carbocycles. The molecule has 0 amide bonds. The van der Waals surface area contributed by atoms with E-state index in [1.165, 1.54) is 5.56 Å². The molecule has 4 aromatic rings. The summed E-state index contributed by atoms with van der Waals surface area (Å²) in [7, 11) is 0. The zero-order valence-electron chi connectivity index (χ0n) is 19.8. The van der Waals surface area contributed by atoms with Gasteiger partial charge in [0.05, 0.1) is 5.69 Å². The smallest absolute Gasteiger partial charge is 0.255 e. The molecule has 0 radical (unpaired) electrons. The van der Waals surface area contributed by atoms with E-state index in [2.05, 4.69) is 41.5 Å². The molecule has 0 fully saturated rings. The molecular formula is C27H29N7O. The van der Waals surface area contributed by atoms with Crippen LogP contribution < -0.4 is 21.5 Å². The Kier molecular flexibility index (Phi) is 6.54. The third-order valence-electron chi connectivity index (χ3n) is 6.16. The molecule has 2 aromatic heterocycles. The van der Waals surface area contributed by atoms with Crippen LogP contribution in [-0.4, -0.2) is 32.1 Å². The van der Waals surface area contributed by atoms with E-state index in [1.807, 2.05) is 41.3 Å². The van der Waals surface area contributed by atoms with Crippen molar-refractivity contribution in [3.8, 4) is 11.3 Å². The monoisotopic (exact) mass is 467 g/mol. The van der Waals surface area contributed by atoms with Gasteiger partial charge in [-0.25, -0.2) is 9.97 Å². The molecule has 178 valence electrons. The Morgan fingerprint density at radius 3 is 2.54 bits per heavy atom. The van der Waals surface area contributed by atoms with Crippen molar-refractivity contribution in [2.45, 2.75) is 38.9 Å². The van der Waals surface area contributed by atoms with Crippen LogP contribution in [0, 0.1) is 0 Å². The van der Waals surface area contributed by atoms with Crippen molar-refractivity contribution in [1.82, 2.24) is 19.5 Å². The van der Waals surface area contributed by atoms with Gasteiger partial charge in [0.25, 0.3) is 5.56 Å². The van der Waals surface area contributed by atoms with Crippen LogP contribution in [-0.2, 0) is 19.5 Å². The van der Waals surface area contributed by atoms with Gasteiger partial charge in [-0.3, -0.25) is 14.3 Å². The van der Waals surface area contributed by atoms with Crippen LogP contribution in [0.4, 0.5) is 17.7 Å². The van der Waals surface area contributed by atoms with Gasteiger partial charge >= 0.3 is 0 Å². The lowest BCUT2D eigenvalue weighted by atomic mass is 10.1. The average molecular weight is 468 g/mol. The molecule has 8 nitrogen and oxygen atoms in total. The van der Waals surface area contributed by atoms with Gasteiger partial charge in [-0.05, 0) is 37.0 Å². The largest absolute Gasteiger partial charge is 0.351 e. The summed E-state index contributed by atoms with van der Waals surface area (Å²) in [6.45, 7) is 4.02. The molecule has 0 aliphatic carbocycles. The number of anilines is 3. The summed E-state index contributed by atoms with van der Waals surface area (Å²) < 4.78 is 1.72. The van der Waals surface area contributed by atoms with Crippen LogP contribution in [0.1, 0.15) is 24.5 Å². The predicted octanol–water partition coefficient (Wildman–Crippen LogP) is 3.74. The van der Waals surface area contributed by atoms with Gasteiger partial charge in [0.15, 0.2) is 0 Å². The van der Waals surface area contributed by atoms with Gasteiger partial charge in [-0.1, -0.05) is 54.6 Å². The van der Waals surface area contributed by atoms with Crippen molar-refractivity contribution in [2.75, 3.05) is 16.8 Å². The Morgan fingerprint density at radius 2 is 1.77 bits per heavy atom. The number of aromatic nitrogens is 4.